The second-order valence-electron chi connectivity index (χ2n) is 3.96. The van der Waals surface area contributed by atoms with E-state index in [4.69, 9.17) is 15.2 Å². The predicted molar refractivity (Wildman–Crippen MR) is 68.8 cm³/mol. The molecule has 0 radical (unpaired) electrons. The molecule has 0 amide bonds. The Hall–Kier alpha value is -1.68. The van der Waals surface area contributed by atoms with Crippen LogP contribution in [-0.2, 0) is 6.42 Å². The molecule has 0 fully saturated rings. The third-order valence-corrected chi connectivity index (χ3v) is 2.92. The van der Waals surface area contributed by atoms with Crippen molar-refractivity contribution in [2.75, 3.05) is 20.8 Å². The van der Waals surface area contributed by atoms with Crippen LogP contribution >= 0.6 is 0 Å². The van der Waals surface area contributed by atoms with E-state index in [1.807, 2.05) is 18.3 Å². The van der Waals surface area contributed by atoms with E-state index in [-0.39, 0.29) is 0 Å². The highest BCUT2D eigenvalue weighted by atomic mass is 16.5. The van der Waals surface area contributed by atoms with Gasteiger partial charge in [0.2, 0.25) is 0 Å². The molecule has 0 unspecified atom stereocenters. The number of hydrogen-bond donors (Lipinski definition) is 2. The number of hydrogen-bond acceptors (Lipinski definition) is 3. The van der Waals surface area contributed by atoms with Crippen molar-refractivity contribution >= 4 is 10.9 Å². The third-order valence-electron chi connectivity index (χ3n) is 2.92. The van der Waals surface area contributed by atoms with Gasteiger partial charge in [-0.3, -0.25) is 0 Å². The van der Waals surface area contributed by atoms with Crippen LogP contribution < -0.4 is 15.2 Å². The fourth-order valence-corrected chi connectivity index (χ4v) is 2.01. The molecule has 3 N–H and O–H groups in total. The van der Waals surface area contributed by atoms with Gasteiger partial charge in [-0.05, 0) is 31.0 Å². The molecular weight excluding hydrogens is 216 g/mol. The molecule has 2 rings (SSSR count). The molecule has 0 aliphatic heterocycles. The standard InChI is InChI=1S/C13H18N2O2/c1-16-10-6-11-9(4-3-5-14)8-15-13(11)12(7-10)17-2/h6-8,15H,3-5,14H2,1-2H3. The zero-order valence-corrected chi connectivity index (χ0v) is 10.2. The van der Waals surface area contributed by atoms with Crippen LogP contribution in [-0.4, -0.2) is 25.7 Å². The lowest BCUT2D eigenvalue weighted by Crippen LogP contribution is -1.99. The minimum absolute atomic E-state index is 0.702. The van der Waals surface area contributed by atoms with E-state index in [1.54, 1.807) is 14.2 Å². The molecule has 4 nitrogen and oxygen atoms in total. The molecule has 92 valence electrons. The van der Waals surface area contributed by atoms with Crippen molar-refractivity contribution in [2.45, 2.75) is 12.8 Å². The van der Waals surface area contributed by atoms with Gasteiger partial charge in [-0.2, -0.15) is 0 Å². The normalized spacial score (nSPS) is 10.8. The summed E-state index contributed by atoms with van der Waals surface area (Å²) < 4.78 is 10.6. The van der Waals surface area contributed by atoms with Crippen LogP contribution in [0.15, 0.2) is 18.3 Å². The van der Waals surface area contributed by atoms with Crippen molar-refractivity contribution in [1.29, 1.82) is 0 Å². The molecule has 4 heteroatoms. The van der Waals surface area contributed by atoms with Gasteiger partial charge in [0.1, 0.15) is 11.5 Å². The lowest BCUT2D eigenvalue weighted by Gasteiger charge is -2.06. The fraction of sp³-hybridized carbons (Fsp3) is 0.385. The van der Waals surface area contributed by atoms with Gasteiger partial charge < -0.3 is 20.2 Å². The summed E-state index contributed by atoms with van der Waals surface area (Å²) in [5.41, 5.74) is 7.81. The molecule has 0 spiro atoms. The van der Waals surface area contributed by atoms with E-state index >= 15 is 0 Å². The van der Waals surface area contributed by atoms with Gasteiger partial charge >= 0.3 is 0 Å². The van der Waals surface area contributed by atoms with Crippen LogP contribution in [0.3, 0.4) is 0 Å². The van der Waals surface area contributed by atoms with Crippen molar-refractivity contribution in [2.24, 2.45) is 5.73 Å². The lowest BCUT2D eigenvalue weighted by atomic mass is 10.1. The minimum Gasteiger partial charge on any atom is -0.497 e. The Bertz CT molecular complexity index is 505. The van der Waals surface area contributed by atoms with Gasteiger partial charge in [-0.25, -0.2) is 0 Å². The van der Waals surface area contributed by atoms with E-state index in [0.29, 0.717) is 6.54 Å². The van der Waals surface area contributed by atoms with Crippen molar-refractivity contribution in [1.82, 2.24) is 4.98 Å². The number of aryl methyl sites for hydroxylation is 1. The molecule has 1 aromatic carbocycles. The summed E-state index contributed by atoms with van der Waals surface area (Å²) in [4.78, 5) is 3.25. The fourth-order valence-electron chi connectivity index (χ4n) is 2.01. The first-order valence-corrected chi connectivity index (χ1v) is 5.72. The summed E-state index contributed by atoms with van der Waals surface area (Å²) in [6.07, 6.45) is 3.96. The summed E-state index contributed by atoms with van der Waals surface area (Å²) >= 11 is 0. The lowest BCUT2D eigenvalue weighted by molar-refractivity contribution is 0.397. The number of ether oxygens (including phenoxy) is 2. The summed E-state index contributed by atoms with van der Waals surface area (Å²) in [6, 6.07) is 3.91. The molecule has 0 aliphatic carbocycles. The molecule has 1 aromatic heterocycles. The van der Waals surface area contributed by atoms with Gasteiger partial charge in [0, 0.05) is 17.6 Å². The maximum atomic E-state index is 5.54. The topological polar surface area (TPSA) is 60.3 Å². The quantitative estimate of drug-likeness (QED) is 0.832. The summed E-state index contributed by atoms with van der Waals surface area (Å²) in [6.45, 7) is 0.702. The van der Waals surface area contributed by atoms with Gasteiger partial charge in [-0.1, -0.05) is 0 Å². The number of H-pyrrole nitrogens is 1. The highest BCUT2D eigenvalue weighted by molar-refractivity contribution is 5.90. The zero-order valence-electron chi connectivity index (χ0n) is 10.2. The first-order chi connectivity index (χ1) is 8.30. The largest absolute Gasteiger partial charge is 0.497 e. The third kappa shape index (κ3) is 2.22. The molecule has 0 atom stereocenters. The highest BCUT2D eigenvalue weighted by Gasteiger charge is 2.10. The van der Waals surface area contributed by atoms with Crippen molar-refractivity contribution in [3.8, 4) is 11.5 Å². The number of aromatic nitrogens is 1. The van der Waals surface area contributed by atoms with Gasteiger partial charge in [0.25, 0.3) is 0 Å². The highest BCUT2D eigenvalue weighted by Crippen LogP contribution is 2.32. The number of rotatable bonds is 5. The molecular formula is C13H18N2O2. The van der Waals surface area contributed by atoms with Crippen molar-refractivity contribution in [3.05, 3.63) is 23.9 Å². The van der Waals surface area contributed by atoms with Crippen LogP contribution in [0.1, 0.15) is 12.0 Å². The number of methoxy groups -OCH3 is 2. The Morgan fingerprint density at radius 2 is 2.06 bits per heavy atom. The van der Waals surface area contributed by atoms with E-state index in [0.717, 1.165) is 35.2 Å². The molecule has 2 aromatic rings. The molecule has 0 aliphatic rings. The van der Waals surface area contributed by atoms with E-state index in [2.05, 4.69) is 4.98 Å². The average Bonchev–Trinajstić information content (AvgIpc) is 2.78. The number of nitrogens with one attached hydrogen (secondary N) is 1. The van der Waals surface area contributed by atoms with Crippen molar-refractivity contribution < 1.29 is 9.47 Å². The van der Waals surface area contributed by atoms with E-state index in [1.165, 1.54) is 5.56 Å². The number of aromatic amines is 1. The van der Waals surface area contributed by atoms with Crippen LogP contribution in [0.2, 0.25) is 0 Å². The van der Waals surface area contributed by atoms with E-state index < -0.39 is 0 Å². The van der Waals surface area contributed by atoms with Crippen LogP contribution in [0.4, 0.5) is 0 Å². The van der Waals surface area contributed by atoms with Gasteiger partial charge in [0.15, 0.2) is 0 Å². The molecule has 0 saturated heterocycles. The first kappa shape index (κ1) is 11.8. The predicted octanol–water partition coefficient (Wildman–Crippen LogP) is 2.08. The minimum atomic E-state index is 0.702. The molecule has 1 heterocycles. The molecule has 0 bridgehead atoms. The van der Waals surface area contributed by atoms with Crippen LogP contribution in [0, 0.1) is 0 Å². The Morgan fingerprint density at radius 1 is 1.24 bits per heavy atom. The van der Waals surface area contributed by atoms with Crippen LogP contribution in [0.25, 0.3) is 10.9 Å². The zero-order chi connectivity index (χ0) is 12.3. The Labute approximate surface area is 101 Å². The van der Waals surface area contributed by atoms with Gasteiger partial charge in [-0.15, -0.1) is 0 Å². The Kier molecular flexibility index (Phi) is 3.54. The second kappa shape index (κ2) is 5.10. The number of fused-ring (bicyclic) bond motifs is 1. The molecule has 17 heavy (non-hydrogen) atoms. The Balaban J connectivity index is 2.50. The second-order valence-corrected chi connectivity index (χ2v) is 3.96. The Morgan fingerprint density at radius 3 is 2.71 bits per heavy atom. The maximum absolute atomic E-state index is 5.54. The van der Waals surface area contributed by atoms with Crippen LogP contribution in [0.5, 0.6) is 11.5 Å². The van der Waals surface area contributed by atoms with Crippen molar-refractivity contribution in [3.63, 3.8) is 0 Å². The first-order valence-electron chi connectivity index (χ1n) is 5.72. The summed E-state index contributed by atoms with van der Waals surface area (Å²) in [7, 11) is 3.32. The number of benzene rings is 1. The smallest absolute Gasteiger partial charge is 0.146 e. The monoisotopic (exact) mass is 234 g/mol. The van der Waals surface area contributed by atoms with Gasteiger partial charge in [0.05, 0.1) is 19.7 Å². The average molecular weight is 234 g/mol. The summed E-state index contributed by atoms with van der Waals surface area (Å²) in [5.74, 6) is 1.61. The maximum Gasteiger partial charge on any atom is 0.146 e. The number of nitrogens with two attached hydrogens (primary N) is 1. The summed E-state index contributed by atoms with van der Waals surface area (Å²) in [5, 5.41) is 1.15. The molecule has 0 saturated carbocycles. The SMILES string of the molecule is COc1cc(OC)c2[nH]cc(CCCN)c2c1. The van der Waals surface area contributed by atoms with E-state index in [9.17, 15) is 0 Å².